The molecule has 8 heteroatoms. The molecule has 29 heavy (non-hydrogen) atoms. The molecule has 156 valence electrons. The van der Waals surface area contributed by atoms with E-state index in [9.17, 15) is 0 Å². The van der Waals surface area contributed by atoms with Gasteiger partial charge in [0.25, 0.3) is 0 Å². The van der Waals surface area contributed by atoms with Gasteiger partial charge in [0.2, 0.25) is 0 Å². The quantitative estimate of drug-likeness (QED) is 0.332. The Labute approximate surface area is 177 Å². The standard InChI is InChI=1S/C21H29ClN6O/c1-8-18(22)21(25-20-11-14(4)26-27-20)24-16(6)23-19-10-12(2)17(9-13(19)3)15(5)28-29-7/h8-11,16,23H,1-7H3,(H2,24,25,26,27)/b18-8+,28-15+. The molecule has 0 amide bonds. The maximum atomic E-state index is 6.35. The number of aromatic amines is 1. The van der Waals surface area contributed by atoms with E-state index in [0.717, 1.165) is 33.8 Å². The summed E-state index contributed by atoms with van der Waals surface area (Å²) in [6.07, 6.45) is 1.57. The third kappa shape index (κ3) is 6.09. The molecule has 1 atom stereocenters. The van der Waals surface area contributed by atoms with Crippen LogP contribution in [0.3, 0.4) is 0 Å². The molecule has 1 aromatic carbocycles. The second-order valence-electron chi connectivity index (χ2n) is 6.84. The highest BCUT2D eigenvalue weighted by atomic mass is 35.5. The van der Waals surface area contributed by atoms with Crippen LogP contribution in [-0.2, 0) is 4.84 Å². The summed E-state index contributed by atoms with van der Waals surface area (Å²) in [5.74, 6) is 1.22. The van der Waals surface area contributed by atoms with Crippen molar-refractivity contribution in [2.45, 2.75) is 47.7 Å². The lowest BCUT2D eigenvalue weighted by atomic mass is 10.0. The first-order valence-corrected chi connectivity index (χ1v) is 9.77. The minimum Gasteiger partial charge on any atom is -0.399 e. The van der Waals surface area contributed by atoms with E-state index in [1.807, 2.05) is 47.6 Å². The average Bonchev–Trinajstić information content (AvgIpc) is 3.08. The van der Waals surface area contributed by atoms with E-state index in [1.165, 1.54) is 0 Å². The van der Waals surface area contributed by atoms with Gasteiger partial charge >= 0.3 is 0 Å². The van der Waals surface area contributed by atoms with E-state index in [2.05, 4.69) is 38.1 Å². The van der Waals surface area contributed by atoms with E-state index in [-0.39, 0.29) is 6.17 Å². The van der Waals surface area contributed by atoms with Crippen LogP contribution in [0, 0.1) is 20.8 Å². The monoisotopic (exact) mass is 416 g/mol. The number of allylic oxidation sites excluding steroid dienone is 1. The molecule has 0 bridgehead atoms. The first-order valence-electron chi connectivity index (χ1n) is 9.40. The van der Waals surface area contributed by atoms with E-state index in [1.54, 1.807) is 13.2 Å². The van der Waals surface area contributed by atoms with Crippen molar-refractivity contribution in [3.63, 3.8) is 0 Å². The number of rotatable bonds is 7. The number of benzene rings is 1. The van der Waals surface area contributed by atoms with Gasteiger partial charge in [0.15, 0.2) is 5.82 Å². The van der Waals surface area contributed by atoms with Crippen LogP contribution in [0.5, 0.6) is 0 Å². The molecule has 7 nitrogen and oxygen atoms in total. The molecule has 1 unspecified atom stereocenters. The zero-order valence-electron chi connectivity index (χ0n) is 18.0. The third-order valence-corrected chi connectivity index (χ3v) is 4.71. The third-order valence-electron chi connectivity index (χ3n) is 4.31. The molecular weight excluding hydrogens is 388 g/mol. The maximum absolute atomic E-state index is 6.35. The first-order chi connectivity index (χ1) is 13.7. The summed E-state index contributed by atoms with van der Waals surface area (Å²) in [5, 5.41) is 18.2. The van der Waals surface area contributed by atoms with Crippen molar-refractivity contribution in [2.75, 3.05) is 17.7 Å². The van der Waals surface area contributed by atoms with Crippen molar-refractivity contribution in [1.82, 2.24) is 10.2 Å². The summed E-state index contributed by atoms with van der Waals surface area (Å²) in [4.78, 5) is 9.60. The first kappa shape index (κ1) is 22.5. The Morgan fingerprint density at radius 2 is 1.97 bits per heavy atom. The summed E-state index contributed by atoms with van der Waals surface area (Å²) < 4.78 is 0. The Morgan fingerprint density at radius 1 is 1.24 bits per heavy atom. The van der Waals surface area contributed by atoms with Gasteiger partial charge in [-0.05, 0) is 64.8 Å². The Kier molecular flexibility index (Phi) is 7.84. The molecule has 0 spiro atoms. The summed E-state index contributed by atoms with van der Waals surface area (Å²) in [5.41, 5.74) is 6.04. The number of aliphatic imine (C=N–C) groups is 1. The molecular formula is C21H29ClN6O. The zero-order chi connectivity index (χ0) is 21.6. The van der Waals surface area contributed by atoms with Crippen LogP contribution >= 0.6 is 11.6 Å². The number of nitrogens with one attached hydrogen (secondary N) is 3. The molecule has 0 fully saturated rings. The van der Waals surface area contributed by atoms with Gasteiger partial charge in [-0.2, -0.15) is 5.10 Å². The number of anilines is 2. The van der Waals surface area contributed by atoms with Crippen molar-refractivity contribution in [1.29, 1.82) is 0 Å². The summed E-state index contributed by atoms with van der Waals surface area (Å²) in [6.45, 7) is 11.8. The SMILES string of the molecule is C/C=C(Cl)\C(=N/C(C)Nc1cc(C)c(/C(C)=N/OC)cc1C)Nc1cc(C)[nH]n1. The highest BCUT2D eigenvalue weighted by molar-refractivity contribution is 6.44. The number of halogens is 1. The van der Waals surface area contributed by atoms with Crippen molar-refractivity contribution >= 4 is 34.7 Å². The molecule has 0 aliphatic heterocycles. The number of aryl methyl sites for hydroxylation is 3. The number of nitrogens with zero attached hydrogens (tertiary/aromatic N) is 3. The van der Waals surface area contributed by atoms with Gasteiger partial charge in [-0.15, -0.1) is 0 Å². The van der Waals surface area contributed by atoms with E-state index >= 15 is 0 Å². The van der Waals surface area contributed by atoms with Crippen LogP contribution in [-0.4, -0.2) is 35.0 Å². The number of hydrogen-bond donors (Lipinski definition) is 3. The van der Waals surface area contributed by atoms with Crippen molar-refractivity contribution < 1.29 is 4.84 Å². The molecule has 2 aromatic rings. The van der Waals surface area contributed by atoms with Crippen LogP contribution < -0.4 is 10.6 Å². The molecule has 0 aliphatic carbocycles. The van der Waals surface area contributed by atoms with Crippen LogP contribution in [0.2, 0.25) is 0 Å². The fourth-order valence-corrected chi connectivity index (χ4v) is 2.99. The summed E-state index contributed by atoms with van der Waals surface area (Å²) in [7, 11) is 1.55. The van der Waals surface area contributed by atoms with Gasteiger partial charge in [-0.25, -0.2) is 4.99 Å². The summed E-state index contributed by atoms with van der Waals surface area (Å²) >= 11 is 6.35. The normalized spacial score (nSPS) is 14.0. The van der Waals surface area contributed by atoms with Crippen LogP contribution in [0.25, 0.3) is 0 Å². The lowest BCUT2D eigenvalue weighted by molar-refractivity contribution is 0.213. The number of hydrogen-bond acceptors (Lipinski definition) is 5. The number of amidine groups is 1. The van der Waals surface area contributed by atoms with Gasteiger partial charge in [0.05, 0.1) is 10.7 Å². The topological polar surface area (TPSA) is 86.7 Å². The van der Waals surface area contributed by atoms with Gasteiger partial charge in [0.1, 0.15) is 19.1 Å². The number of oxime groups is 1. The van der Waals surface area contributed by atoms with E-state index in [4.69, 9.17) is 21.4 Å². The van der Waals surface area contributed by atoms with Crippen molar-refractivity contribution in [3.8, 4) is 0 Å². The second-order valence-corrected chi connectivity index (χ2v) is 7.24. The van der Waals surface area contributed by atoms with Crippen LogP contribution in [0.4, 0.5) is 11.5 Å². The molecule has 0 aliphatic rings. The van der Waals surface area contributed by atoms with Crippen molar-refractivity contribution in [3.05, 3.63) is 51.7 Å². The average molecular weight is 417 g/mol. The second kappa shape index (κ2) is 10.1. The Morgan fingerprint density at radius 3 is 2.55 bits per heavy atom. The molecule has 0 saturated carbocycles. The molecule has 3 N–H and O–H groups in total. The highest BCUT2D eigenvalue weighted by Gasteiger charge is 2.12. The zero-order valence-corrected chi connectivity index (χ0v) is 18.8. The number of aromatic nitrogens is 2. The lowest BCUT2D eigenvalue weighted by Gasteiger charge is -2.18. The summed E-state index contributed by atoms with van der Waals surface area (Å²) in [6, 6.07) is 6.08. The van der Waals surface area contributed by atoms with Crippen LogP contribution in [0.1, 0.15) is 43.2 Å². The van der Waals surface area contributed by atoms with Gasteiger partial charge in [-0.1, -0.05) is 22.8 Å². The minimum absolute atomic E-state index is 0.219. The van der Waals surface area contributed by atoms with E-state index < -0.39 is 0 Å². The smallest absolute Gasteiger partial charge is 0.153 e. The number of H-pyrrole nitrogens is 1. The highest BCUT2D eigenvalue weighted by Crippen LogP contribution is 2.23. The van der Waals surface area contributed by atoms with Gasteiger partial charge < -0.3 is 15.5 Å². The molecule has 1 heterocycles. The predicted octanol–water partition coefficient (Wildman–Crippen LogP) is 5.12. The largest absolute Gasteiger partial charge is 0.399 e. The predicted molar refractivity (Wildman–Crippen MR) is 122 cm³/mol. The fraction of sp³-hybridized carbons (Fsp3) is 0.381. The Hall–Kier alpha value is -2.80. The maximum Gasteiger partial charge on any atom is 0.153 e. The lowest BCUT2D eigenvalue weighted by Crippen LogP contribution is -2.21. The molecule has 1 aromatic heterocycles. The van der Waals surface area contributed by atoms with E-state index in [0.29, 0.717) is 16.7 Å². The van der Waals surface area contributed by atoms with Gasteiger partial charge in [0, 0.05) is 23.0 Å². The molecule has 0 radical (unpaired) electrons. The minimum atomic E-state index is -0.219. The fourth-order valence-electron chi connectivity index (χ4n) is 2.89. The van der Waals surface area contributed by atoms with Crippen molar-refractivity contribution in [2.24, 2.45) is 10.1 Å². The Balaban J connectivity index is 2.25. The Bertz CT molecular complexity index is 945. The molecule has 0 saturated heterocycles. The van der Waals surface area contributed by atoms with Crippen LogP contribution in [0.15, 0.2) is 39.5 Å². The van der Waals surface area contributed by atoms with Gasteiger partial charge in [-0.3, -0.25) is 5.10 Å². The molecule has 2 rings (SSSR count).